The summed E-state index contributed by atoms with van der Waals surface area (Å²) in [5.74, 6) is 3.46. The van der Waals surface area contributed by atoms with Crippen molar-refractivity contribution in [2.75, 3.05) is 38.6 Å². The highest BCUT2D eigenvalue weighted by molar-refractivity contribution is 7.99. The van der Waals surface area contributed by atoms with Crippen LogP contribution in [-0.2, 0) is 24.6 Å². The van der Waals surface area contributed by atoms with E-state index in [1.807, 2.05) is 24.8 Å². The molecule has 1 aromatic carbocycles. The number of fused-ring (bicyclic) bond motifs is 1. The van der Waals surface area contributed by atoms with Gasteiger partial charge in [0.1, 0.15) is 17.3 Å². The average Bonchev–Trinajstić information content (AvgIpc) is 3.35. The lowest BCUT2D eigenvalue weighted by molar-refractivity contribution is 0.0828. The van der Waals surface area contributed by atoms with E-state index in [0.717, 1.165) is 92.3 Å². The molecule has 3 aromatic rings. The summed E-state index contributed by atoms with van der Waals surface area (Å²) in [7, 11) is 2.10. The summed E-state index contributed by atoms with van der Waals surface area (Å²) in [4.78, 5) is 2.57. The molecular formula is C24H31N5O2S. The fourth-order valence-corrected chi connectivity index (χ4v) is 5.60. The van der Waals surface area contributed by atoms with Gasteiger partial charge in [-0.25, -0.2) is 0 Å². The molecule has 0 amide bonds. The van der Waals surface area contributed by atoms with Gasteiger partial charge in [0.2, 0.25) is 0 Å². The zero-order valence-electron chi connectivity index (χ0n) is 18.9. The van der Waals surface area contributed by atoms with E-state index >= 15 is 0 Å². The third-order valence-electron chi connectivity index (χ3n) is 6.62. The van der Waals surface area contributed by atoms with Crippen LogP contribution in [0.2, 0.25) is 0 Å². The van der Waals surface area contributed by atoms with Gasteiger partial charge in [0, 0.05) is 63.2 Å². The highest BCUT2D eigenvalue weighted by atomic mass is 32.2. The summed E-state index contributed by atoms with van der Waals surface area (Å²) in [6.45, 7) is 6.84. The van der Waals surface area contributed by atoms with E-state index in [9.17, 15) is 0 Å². The minimum absolute atomic E-state index is 0.478. The van der Waals surface area contributed by atoms with Crippen LogP contribution in [0.25, 0.3) is 11.3 Å². The van der Waals surface area contributed by atoms with Gasteiger partial charge in [-0.05, 0) is 49.8 Å². The normalized spacial score (nSPS) is 17.9. The lowest BCUT2D eigenvalue weighted by Gasteiger charge is -2.21. The van der Waals surface area contributed by atoms with Crippen LogP contribution in [-0.4, -0.2) is 63.4 Å². The summed E-state index contributed by atoms with van der Waals surface area (Å²) in [5.41, 5.74) is 4.96. The van der Waals surface area contributed by atoms with Crippen molar-refractivity contribution in [1.29, 1.82) is 0 Å². The first-order valence-corrected chi connectivity index (χ1v) is 12.5. The van der Waals surface area contributed by atoms with Crippen LogP contribution < -0.4 is 0 Å². The maximum Gasteiger partial charge on any atom is 0.191 e. The second kappa shape index (κ2) is 9.77. The number of hydrogen-bond acceptors (Lipinski definition) is 7. The molecule has 1 saturated heterocycles. The van der Waals surface area contributed by atoms with E-state index < -0.39 is 0 Å². The second-order valence-electron chi connectivity index (χ2n) is 8.78. The van der Waals surface area contributed by atoms with Gasteiger partial charge in [-0.15, -0.1) is 10.2 Å². The number of hydrogen-bond donors (Lipinski definition) is 0. The van der Waals surface area contributed by atoms with Gasteiger partial charge in [0.05, 0.1) is 0 Å². The van der Waals surface area contributed by atoms with Gasteiger partial charge in [0.15, 0.2) is 5.16 Å². The molecule has 0 atom stereocenters. The Labute approximate surface area is 193 Å². The van der Waals surface area contributed by atoms with Crippen molar-refractivity contribution in [2.45, 2.75) is 43.7 Å². The molecule has 0 N–H and O–H groups in total. The van der Waals surface area contributed by atoms with Crippen LogP contribution >= 0.6 is 11.8 Å². The molecule has 1 fully saturated rings. The first-order chi connectivity index (χ1) is 15.7. The molecule has 5 rings (SSSR count). The minimum Gasteiger partial charge on any atom is -0.381 e. The number of rotatable bonds is 6. The fourth-order valence-electron chi connectivity index (χ4n) is 4.69. The van der Waals surface area contributed by atoms with Crippen molar-refractivity contribution in [1.82, 2.24) is 24.8 Å². The maximum absolute atomic E-state index is 5.49. The van der Waals surface area contributed by atoms with E-state index in [4.69, 9.17) is 9.26 Å². The predicted octanol–water partition coefficient (Wildman–Crippen LogP) is 3.87. The van der Waals surface area contributed by atoms with E-state index in [2.05, 4.69) is 50.1 Å². The smallest absolute Gasteiger partial charge is 0.191 e. The van der Waals surface area contributed by atoms with Gasteiger partial charge in [0.25, 0.3) is 0 Å². The predicted molar refractivity (Wildman–Crippen MR) is 125 cm³/mol. The van der Waals surface area contributed by atoms with Crippen molar-refractivity contribution < 1.29 is 9.26 Å². The molecule has 170 valence electrons. The summed E-state index contributed by atoms with van der Waals surface area (Å²) in [6, 6.07) is 8.74. The van der Waals surface area contributed by atoms with Crippen molar-refractivity contribution in [3.05, 3.63) is 47.0 Å². The van der Waals surface area contributed by atoms with Crippen molar-refractivity contribution >= 4 is 11.8 Å². The van der Waals surface area contributed by atoms with Crippen LogP contribution in [0.15, 0.2) is 33.9 Å². The number of thioether (sulfide) groups is 1. The molecular weight excluding hydrogens is 422 g/mol. The van der Waals surface area contributed by atoms with E-state index in [1.54, 1.807) is 0 Å². The summed E-state index contributed by atoms with van der Waals surface area (Å²) in [5, 5.41) is 14.2. The Balaban J connectivity index is 1.15. The molecule has 2 aromatic heterocycles. The molecule has 0 aliphatic carbocycles. The summed E-state index contributed by atoms with van der Waals surface area (Å²) >= 11 is 1.82. The van der Waals surface area contributed by atoms with E-state index in [1.165, 1.54) is 11.1 Å². The third-order valence-corrected chi connectivity index (χ3v) is 7.62. The monoisotopic (exact) mass is 453 g/mol. The molecule has 32 heavy (non-hydrogen) atoms. The van der Waals surface area contributed by atoms with Crippen LogP contribution in [0.1, 0.15) is 41.5 Å². The van der Waals surface area contributed by atoms with Crippen molar-refractivity contribution in [3.8, 4) is 11.3 Å². The van der Waals surface area contributed by atoms with Gasteiger partial charge >= 0.3 is 0 Å². The fraction of sp³-hybridized carbons (Fsp3) is 0.542. The van der Waals surface area contributed by atoms with Crippen LogP contribution in [0, 0.1) is 6.92 Å². The minimum atomic E-state index is 0.478. The molecule has 2 aliphatic rings. The number of aromatic nitrogens is 4. The van der Waals surface area contributed by atoms with Gasteiger partial charge in [-0.3, -0.25) is 0 Å². The molecule has 4 heterocycles. The Morgan fingerprint density at radius 3 is 2.66 bits per heavy atom. The highest BCUT2D eigenvalue weighted by Crippen LogP contribution is 2.28. The Bertz CT molecular complexity index is 1060. The number of nitrogens with zero attached hydrogens (tertiary/aromatic N) is 5. The zero-order chi connectivity index (χ0) is 21.9. The first-order valence-electron chi connectivity index (χ1n) is 11.5. The Morgan fingerprint density at radius 1 is 1.06 bits per heavy atom. The Hall–Kier alpha value is -2.16. The molecule has 0 unspecified atom stereocenters. The molecule has 2 aliphatic heterocycles. The SMILES string of the molecule is Cc1cc(-c2ccc3c(c2)CCN(CCSc2nnc(C4CCOCC4)n2C)CC3)no1. The molecule has 0 radical (unpaired) electrons. The number of aryl methyl sites for hydroxylation is 1. The second-order valence-corrected chi connectivity index (χ2v) is 9.84. The quantitative estimate of drug-likeness (QED) is 0.525. The standard InChI is InChI=1S/C24H31N5O2S/c1-17-15-22(27-31-17)21-4-3-18-5-9-29(10-6-20(18)16-21)11-14-32-24-26-25-23(28(24)2)19-7-12-30-13-8-19/h3-4,15-16,19H,5-14H2,1-2H3. The summed E-state index contributed by atoms with van der Waals surface area (Å²) < 4.78 is 12.9. The highest BCUT2D eigenvalue weighted by Gasteiger charge is 2.22. The molecule has 0 spiro atoms. The first kappa shape index (κ1) is 21.7. The van der Waals surface area contributed by atoms with Gasteiger partial charge in [-0.1, -0.05) is 29.1 Å². The van der Waals surface area contributed by atoms with Crippen LogP contribution in [0.5, 0.6) is 0 Å². The lowest BCUT2D eigenvalue weighted by atomic mass is 9.99. The van der Waals surface area contributed by atoms with Gasteiger partial charge < -0.3 is 18.7 Å². The van der Waals surface area contributed by atoms with Crippen molar-refractivity contribution in [3.63, 3.8) is 0 Å². The molecule has 0 bridgehead atoms. The Kier molecular flexibility index (Phi) is 6.62. The third kappa shape index (κ3) is 4.77. The maximum atomic E-state index is 5.49. The number of benzene rings is 1. The Morgan fingerprint density at radius 2 is 1.88 bits per heavy atom. The topological polar surface area (TPSA) is 69.2 Å². The zero-order valence-corrected chi connectivity index (χ0v) is 19.7. The van der Waals surface area contributed by atoms with E-state index in [0.29, 0.717) is 5.92 Å². The number of ether oxygens (including phenoxy) is 1. The molecule has 7 nitrogen and oxygen atoms in total. The van der Waals surface area contributed by atoms with E-state index in [-0.39, 0.29) is 0 Å². The average molecular weight is 454 g/mol. The lowest BCUT2D eigenvalue weighted by Crippen LogP contribution is -2.28. The molecule has 8 heteroatoms. The van der Waals surface area contributed by atoms with Crippen LogP contribution in [0.4, 0.5) is 0 Å². The van der Waals surface area contributed by atoms with Crippen molar-refractivity contribution in [2.24, 2.45) is 7.05 Å². The van der Waals surface area contributed by atoms with Crippen LogP contribution in [0.3, 0.4) is 0 Å². The largest absolute Gasteiger partial charge is 0.381 e. The van der Waals surface area contributed by atoms with Gasteiger partial charge in [-0.2, -0.15) is 0 Å². The molecule has 0 saturated carbocycles. The summed E-state index contributed by atoms with van der Waals surface area (Å²) in [6.07, 6.45) is 4.25.